The first-order chi connectivity index (χ1) is 12.2. The van der Waals surface area contributed by atoms with Gasteiger partial charge < -0.3 is 16.0 Å². The van der Waals surface area contributed by atoms with Crippen LogP contribution in [0.3, 0.4) is 0 Å². The van der Waals surface area contributed by atoms with Crippen LogP contribution in [0.25, 0.3) is 0 Å². The summed E-state index contributed by atoms with van der Waals surface area (Å²) in [4.78, 5) is 18.4. The fourth-order valence-electron chi connectivity index (χ4n) is 3.79. The zero-order chi connectivity index (χ0) is 17.5. The Morgan fingerprint density at radius 2 is 1.84 bits per heavy atom. The van der Waals surface area contributed by atoms with Crippen LogP contribution in [0, 0.1) is 0 Å². The van der Waals surface area contributed by atoms with Gasteiger partial charge in [0.2, 0.25) is 5.91 Å². The molecule has 0 aromatic heterocycles. The summed E-state index contributed by atoms with van der Waals surface area (Å²) in [5, 5.41) is 3.39. The first-order valence-corrected chi connectivity index (χ1v) is 9.63. The molecule has 25 heavy (non-hydrogen) atoms. The minimum atomic E-state index is 0.257. The molecule has 136 valence electrons. The SMILES string of the molecule is NC(=NCc1ccccc1CN1CCCC1=O)NC1CCCCCC1. The lowest BCUT2D eigenvalue weighted by molar-refractivity contribution is -0.128. The van der Waals surface area contributed by atoms with Crippen LogP contribution in [0.5, 0.6) is 0 Å². The Labute approximate surface area is 150 Å². The summed E-state index contributed by atoms with van der Waals surface area (Å²) in [7, 11) is 0. The van der Waals surface area contributed by atoms with Gasteiger partial charge in [-0.15, -0.1) is 0 Å². The number of carbonyl (C=O) groups excluding carboxylic acids is 1. The molecule has 2 aliphatic rings. The highest BCUT2D eigenvalue weighted by molar-refractivity contribution is 5.78. The van der Waals surface area contributed by atoms with Crippen LogP contribution in [0.2, 0.25) is 0 Å². The van der Waals surface area contributed by atoms with Crippen molar-refractivity contribution in [1.82, 2.24) is 10.2 Å². The molecule has 3 rings (SSSR count). The van der Waals surface area contributed by atoms with Gasteiger partial charge in [-0.25, -0.2) is 4.99 Å². The van der Waals surface area contributed by atoms with Crippen molar-refractivity contribution in [3.8, 4) is 0 Å². The monoisotopic (exact) mass is 342 g/mol. The Bertz CT molecular complexity index is 605. The third kappa shape index (κ3) is 5.21. The molecule has 1 aromatic carbocycles. The molecular weight excluding hydrogens is 312 g/mol. The fraction of sp³-hybridized carbons (Fsp3) is 0.600. The van der Waals surface area contributed by atoms with Gasteiger partial charge in [0.15, 0.2) is 5.96 Å². The van der Waals surface area contributed by atoms with Gasteiger partial charge in [0.1, 0.15) is 0 Å². The number of carbonyl (C=O) groups is 1. The molecule has 5 heteroatoms. The molecule has 1 saturated carbocycles. The van der Waals surface area contributed by atoms with Crippen LogP contribution >= 0.6 is 0 Å². The number of likely N-dealkylation sites (tertiary alicyclic amines) is 1. The molecule has 3 N–H and O–H groups in total. The molecule has 0 bridgehead atoms. The summed E-state index contributed by atoms with van der Waals surface area (Å²) < 4.78 is 0. The molecule has 1 aromatic rings. The average molecular weight is 342 g/mol. The lowest BCUT2D eigenvalue weighted by Gasteiger charge is -2.18. The van der Waals surface area contributed by atoms with E-state index in [4.69, 9.17) is 5.73 Å². The standard InChI is InChI=1S/C20H30N4O/c21-20(23-18-10-3-1-2-4-11-18)22-14-16-8-5-6-9-17(16)15-24-13-7-12-19(24)25/h5-6,8-9,18H,1-4,7,10-15H2,(H3,21,22,23). The van der Waals surface area contributed by atoms with Gasteiger partial charge in [0.05, 0.1) is 6.54 Å². The number of guanidine groups is 1. The molecule has 0 unspecified atom stereocenters. The van der Waals surface area contributed by atoms with E-state index >= 15 is 0 Å². The molecule has 0 atom stereocenters. The summed E-state index contributed by atoms with van der Waals surface area (Å²) >= 11 is 0. The number of nitrogens with zero attached hydrogens (tertiary/aromatic N) is 2. The highest BCUT2D eigenvalue weighted by Gasteiger charge is 2.20. The van der Waals surface area contributed by atoms with Crippen molar-refractivity contribution in [3.05, 3.63) is 35.4 Å². The van der Waals surface area contributed by atoms with Gasteiger partial charge in [-0.1, -0.05) is 49.9 Å². The molecule has 0 spiro atoms. The maximum atomic E-state index is 11.9. The predicted octanol–water partition coefficient (Wildman–Crippen LogP) is 2.94. The van der Waals surface area contributed by atoms with Crippen molar-refractivity contribution < 1.29 is 4.79 Å². The Balaban J connectivity index is 1.59. The summed E-state index contributed by atoms with van der Waals surface area (Å²) in [6.45, 7) is 2.10. The molecule has 1 saturated heterocycles. The van der Waals surface area contributed by atoms with Gasteiger partial charge in [-0.05, 0) is 30.4 Å². The Hall–Kier alpha value is -2.04. The van der Waals surface area contributed by atoms with Crippen molar-refractivity contribution in [2.75, 3.05) is 6.54 Å². The third-order valence-electron chi connectivity index (χ3n) is 5.28. The third-order valence-corrected chi connectivity index (χ3v) is 5.28. The molecule has 1 aliphatic carbocycles. The lowest BCUT2D eigenvalue weighted by atomic mass is 10.1. The van der Waals surface area contributed by atoms with E-state index in [2.05, 4.69) is 22.4 Å². The van der Waals surface area contributed by atoms with E-state index in [0.29, 0.717) is 31.5 Å². The van der Waals surface area contributed by atoms with Crippen LogP contribution in [0.15, 0.2) is 29.3 Å². The molecule has 1 amide bonds. The fourth-order valence-corrected chi connectivity index (χ4v) is 3.79. The molecular formula is C20H30N4O. The molecule has 1 heterocycles. The number of amides is 1. The molecule has 0 radical (unpaired) electrons. The van der Waals surface area contributed by atoms with Crippen molar-refractivity contribution in [2.45, 2.75) is 70.5 Å². The number of benzene rings is 1. The Morgan fingerprint density at radius 3 is 2.52 bits per heavy atom. The quantitative estimate of drug-likeness (QED) is 0.491. The van der Waals surface area contributed by atoms with E-state index in [0.717, 1.165) is 18.5 Å². The van der Waals surface area contributed by atoms with Crippen LogP contribution < -0.4 is 11.1 Å². The molecule has 5 nitrogen and oxygen atoms in total. The maximum Gasteiger partial charge on any atom is 0.222 e. The van der Waals surface area contributed by atoms with E-state index in [1.807, 2.05) is 17.0 Å². The van der Waals surface area contributed by atoms with E-state index in [1.54, 1.807) is 0 Å². The second kappa shape index (κ2) is 8.88. The summed E-state index contributed by atoms with van der Waals surface area (Å²) in [6, 6.07) is 8.68. The summed E-state index contributed by atoms with van der Waals surface area (Å²) in [5.41, 5.74) is 8.43. The second-order valence-corrected chi connectivity index (χ2v) is 7.22. The Kier molecular flexibility index (Phi) is 6.31. The van der Waals surface area contributed by atoms with E-state index in [-0.39, 0.29) is 5.91 Å². The topological polar surface area (TPSA) is 70.7 Å². The first kappa shape index (κ1) is 17.8. The second-order valence-electron chi connectivity index (χ2n) is 7.22. The smallest absolute Gasteiger partial charge is 0.222 e. The number of aliphatic imine (C=N–C) groups is 1. The van der Waals surface area contributed by atoms with Crippen LogP contribution in [0.1, 0.15) is 62.5 Å². The van der Waals surface area contributed by atoms with Gasteiger partial charge >= 0.3 is 0 Å². The highest BCUT2D eigenvalue weighted by atomic mass is 16.2. The summed E-state index contributed by atoms with van der Waals surface area (Å²) in [5.74, 6) is 0.798. The highest BCUT2D eigenvalue weighted by Crippen LogP contribution is 2.19. The van der Waals surface area contributed by atoms with Crippen molar-refractivity contribution >= 4 is 11.9 Å². The van der Waals surface area contributed by atoms with Gasteiger partial charge in [0.25, 0.3) is 0 Å². The van der Waals surface area contributed by atoms with Crippen LogP contribution in [0.4, 0.5) is 0 Å². The van der Waals surface area contributed by atoms with Crippen LogP contribution in [-0.2, 0) is 17.9 Å². The number of hydrogen-bond donors (Lipinski definition) is 2. The van der Waals surface area contributed by atoms with Crippen molar-refractivity contribution in [1.29, 1.82) is 0 Å². The normalized spacial score (nSPS) is 19.9. The van der Waals surface area contributed by atoms with Gasteiger partial charge in [-0.2, -0.15) is 0 Å². The number of hydrogen-bond acceptors (Lipinski definition) is 2. The zero-order valence-corrected chi connectivity index (χ0v) is 15.0. The van der Waals surface area contributed by atoms with E-state index in [1.165, 1.54) is 44.1 Å². The average Bonchev–Trinajstić information content (AvgIpc) is 2.85. The molecule has 2 fully saturated rings. The minimum Gasteiger partial charge on any atom is -0.370 e. The van der Waals surface area contributed by atoms with Gasteiger partial charge in [-0.3, -0.25) is 4.79 Å². The number of rotatable bonds is 5. The number of nitrogens with one attached hydrogen (secondary N) is 1. The van der Waals surface area contributed by atoms with Gasteiger partial charge in [0, 0.05) is 25.6 Å². The maximum absolute atomic E-state index is 11.9. The minimum absolute atomic E-state index is 0.257. The van der Waals surface area contributed by atoms with E-state index in [9.17, 15) is 4.79 Å². The van der Waals surface area contributed by atoms with Crippen molar-refractivity contribution in [3.63, 3.8) is 0 Å². The molecule has 1 aliphatic heterocycles. The number of nitrogens with two attached hydrogens (primary N) is 1. The Morgan fingerprint density at radius 1 is 1.12 bits per heavy atom. The van der Waals surface area contributed by atoms with E-state index < -0.39 is 0 Å². The van der Waals surface area contributed by atoms with Crippen molar-refractivity contribution in [2.24, 2.45) is 10.7 Å². The zero-order valence-electron chi connectivity index (χ0n) is 15.0. The summed E-state index contributed by atoms with van der Waals surface area (Å²) in [6.07, 6.45) is 9.23. The predicted molar refractivity (Wildman–Crippen MR) is 101 cm³/mol. The first-order valence-electron chi connectivity index (χ1n) is 9.63. The lowest BCUT2D eigenvalue weighted by Crippen LogP contribution is -2.39. The van der Waals surface area contributed by atoms with Crippen LogP contribution in [-0.4, -0.2) is 29.4 Å². The largest absolute Gasteiger partial charge is 0.370 e.